The summed E-state index contributed by atoms with van der Waals surface area (Å²) in [6, 6.07) is 3.32. The summed E-state index contributed by atoms with van der Waals surface area (Å²) >= 11 is 3.06. The van der Waals surface area contributed by atoms with E-state index in [0.717, 1.165) is 12.1 Å². The van der Waals surface area contributed by atoms with Gasteiger partial charge >= 0.3 is 6.18 Å². The van der Waals surface area contributed by atoms with Crippen LogP contribution in [0, 0.1) is 0 Å². The van der Waals surface area contributed by atoms with Crippen LogP contribution in [-0.2, 0) is 6.18 Å². The molecule has 0 radical (unpaired) electrons. The molecular weight excluding hydrogens is 297 g/mol. The van der Waals surface area contributed by atoms with Crippen LogP contribution >= 0.6 is 15.9 Å². The molecule has 96 valence electrons. The van der Waals surface area contributed by atoms with E-state index in [0.29, 0.717) is 29.4 Å². The van der Waals surface area contributed by atoms with Crippen molar-refractivity contribution in [1.82, 2.24) is 0 Å². The maximum absolute atomic E-state index is 12.6. The van der Waals surface area contributed by atoms with Gasteiger partial charge in [-0.2, -0.15) is 13.2 Å². The molecule has 1 aromatic carbocycles. The highest BCUT2D eigenvalue weighted by Gasteiger charge is 2.31. The molecule has 1 atom stereocenters. The fourth-order valence-electron chi connectivity index (χ4n) is 1.49. The summed E-state index contributed by atoms with van der Waals surface area (Å²) in [6.45, 7) is 0.480. The van der Waals surface area contributed by atoms with Gasteiger partial charge in [0.15, 0.2) is 0 Å². The predicted molar refractivity (Wildman–Crippen MR) is 64.4 cm³/mol. The Kier molecular flexibility index (Phi) is 4.97. The molecule has 0 bridgehead atoms. The van der Waals surface area contributed by atoms with Gasteiger partial charge in [0.2, 0.25) is 0 Å². The molecule has 0 unspecified atom stereocenters. The third-order valence-corrected chi connectivity index (χ3v) is 2.85. The van der Waals surface area contributed by atoms with Crippen LogP contribution in [0.2, 0.25) is 0 Å². The molecule has 4 N–H and O–H groups in total. The van der Waals surface area contributed by atoms with E-state index < -0.39 is 17.8 Å². The van der Waals surface area contributed by atoms with Crippen LogP contribution in [0.1, 0.15) is 30.0 Å². The van der Waals surface area contributed by atoms with Crippen molar-refractivity contribution in [1.29, 1.82) is 0 Å². The Morgan fingerprint density at radius 3 is 2.41 bits per heavy atom. The Morgan fingerprint density at radius 1 is 1.24 bits per heavy atom. The van der Waals surface area contributed by atoms with E-state index in [1.165, 1.54) is 0 Å². The summed E-state index contributed by atoms with van der Waals surface area (Å²) in [4.78, 5) is 0. The molecule has 0 spiro atoms. The summed E-state index contributed by atoms with van der Waals surface area (Å²) in [7, 11) is 0. The van der Waals surface area contributed by atoms with Gasteiger partial charge in [-0.15, -0.1) is 0 Å². The summed E-state index contributed by atoms with van der Waals surface area (Å²) in [6.07, 6.45) is -3.09. The predicted octanol–water partition coefficient (Wildman–Crippen LogP) is 3.21. The van der Waals surface area contributed by atoms with Gasteiger partial charge in [-0.1, -0.05) is 15.9 Å². The van der Waals surface area contributed by atoms with Gasteiger partial charge in [-0.05, 0) is 43.1 Å². The number of halogens is 4. The second-order valence-corrected chi connectivity index (χ2v) is 4.72. The lowest BCUT2D eigenvalue weighted by atomic mass is 10.0. The van der Waals surface area contributed by atoms with Gasteiger partial charge in [0, 0.05) is 10.5 Å². The Bertz CT molecular complexity index is 379. The number of alkyl halides is 3. The first-order chi connectivity index (χ1) is 7.84. The minimum atomic E-state index is -4.36. The lowest BCUT2D eigenvalue weighted by Gasteiger charge is -2.15. The zero-order valence-electron chi connectivity index (χ0n) is 9.10. The van der Waals surface area contributed by atoms with E-state index in [-0.39, 0.29) is 0 Å². The SMILES string of the molecule is NCCC[C@@H](N)c1cc(Br)cc(C(F)(F)F)c1. The Hall–Kier alpha value is -0.590. The number of rotatable bonds is 4. The van der Waals surface area contributed by atoms with Crippen molar-refractivity contribution >= 4 is 15.9 Å². The monoisotopic (exact) mass is 310 g/mol. The van der Waals surface area contributed by atoms with Gasteiger partial charge in [0.25, 0.3) is 0 Å². The van der Waals surface area contributed by atoms with E-state index in [2.05, 4.69) is 15.9 Å². The molecule has 0 saturated carbocycles. The second kappa shape index (κ2) is 5.84. The van der Waals surface area contributed by atoms with Crippen molar-refractivity contribution in [3.05, 3.63) is 33.8 Å². The van der Waals surface area contributed by atoms with Crippen molar-refractivity contribution in [2.45, 2.75) is 25.1 Å². The van der Waals surface area contributed by atoms with Gasteiger partial charge < -0.3 is 11.5 Å². The average molecular weight is 311 g/mol. The molecule has 0 amide bonds. The van der Waals surface area contributed by atoms with Crippen LogP contribution in [0.5, 0.6) is 0 Å². The number of benzene rings is 1. The average Bonchev–Trinajstić information content (AvgIpc) is 2.23. The molecule has 1 aromatic rings. The van der Waals surface area contributed by atoms with Crippen LogP contribution in [0.3, 0.4) is 0 Å². The fraction of sp³-hybridized carbons (Fsp3) is 0.455. The van der Waals surface area contributed by atoms with Gasteiger partial charge in [-0.25, -0.2) is 0 Å². The molecule has 6 heteroatoms. The number of hydrogen-bond acceptors (Lipinski definition) is 2. The van der Waals surface area contributed by atoms with E-state index in [4.69, 9.17) is 11.5 Å². The molecule has 0 aliphatic heterocycles. The normalized spacial score (nSPS) is 13.8. The largest absolute Gasteiger partial charge is 0.416 e. The topological polar surface area (TPSA) is 52.0 Å². The molecule has 0 aromatic heterocycles. The van der Waals surface area contributed by atoms with Crippen LogP contribution in [0.4, 0.5) is 13.2 Å². The van der Waals surface area contributed by atoms with E-state index in [1.54, 1.807) is 6.07 Å². The van der Waals surface area contributed by atoms with Crippen molar-refractivity contribution in [2.24, 2.45) is 11.5 Å². The van der Waals surface area contributed by atoms with E-state index >= 15 is 0 Å². The third kappa shape index (κ3) is 4.29. The van der Waals surface area contributed by atoms with E-state index in [1.807, 2.05) is 0 Å². The third-order valence-electron chi connectivity index (χ3n) is 2.39. The Morgan fingerprint density at radius 2 is 1.88 bits per heavy atom. The van der Waals surface area contributed by atoms with Gasteiger partial charge in [-0.3, -0.25) is 0 Å². The first-order valence-electron chi connectivity index (χ1n) is 5.18. The van der Waals surface area contributed by atoms with Crippen LogP contribution < -0.4 is 11.5 Å². The summed E-state index contributed by atoms with van der Waals surface area (Å²) < 4.78 is 38.1. The highest BCUT2D eigenvalue weighted by Crippen LogP contribution is 2.33. The van der Waals surface area contributed by atoms with Crippen LogP contribution in [0.25, 0.3) is 0 Å². The van der Waals surface area contributed by atoms with Crippen molar-refractivity contribution < 1.29 is 13.2 Å². The minimum absolute atomic E-state index is 0.380. The van der Waals surface area contributed by atoms with E-state index in [9.17, 15) is 13.2 Å². The summed E-state index contributed by atoms with van der Waals surface area (Å²) in [5.74, 6) is 0. The van der Waals surface area contributed by atoms with Crippen molar-refractivity contribution in [3.8, 4) is 0 Å². The van der Waals surface area contributed by atoms with Crippen LogP contribution in [0.15, 0.2) is 22.7 Å². The molecular formula is C11H14BrF3N2. The Balaban J connectivity index is 2.97. The molecule has 2 nitrogen and oxygen atoms in total. The molecule has 0 aliphatic carbocycles. The quantitative estimate of drug-likeness (QED) is 0.897. The maximum Gasteiger partial charge on any atom is 0.416 e. The molecule has 0 fully saturated rings. The van der Waals surface area contributed by atoms with Crippen LogP contribution in [-0.4, -0.2) is 6.54 Å². The molecule has 0 aliphatic rings. The minimum Gasteiger partial charge on any atom is -0.330 e. The summed E-state index contributed by atoms with van der Waals surface area (Å²) in [5.41, 5.74) is 10.9. The lowest BCUT2D eigenvalue weighted by Crippen LogP contribution is -2.14. The highest BCUT2D eigenvalue weighted by molar-refractivity contribution is 9.10. The lowest BCUT2D eigenvalue weighted by molar-refractivity contribution is -0.137. The van der Waals surface area contributed by atoms with Crippen molar-refractivity contribution in [3.63, 3.8) is 0 Å². The smallest absolute Gasteiger partial charge is 0.330 e. The molecule has 0 saturated heterocycles. The molecule has 17 heavy (non-hydrogen) atoms. The highest BCUT2D eigenvalue weighted by atomic mass is 79.9. The van der Waals surface area contributed by atoms with Crippen molar-refractivity contribution in [2.75, 3.05) is 6.54 Å². The summed E-state index contributed by atoms with van der Waals surface area (Å²) in [5, 5.41) is 0. The molecule has 0 heterocycles. The first-order valence-corrected chi connectivity index (χ1v) is 5.97. The zero-order valence-corrected chi connectivity index (χ0v) is 10.7. The van der Waals surface area contributed by atoms with Gasteiger partial charge in [0.05, 0.1) is 5.56 Å². The first kappa shape index (κ1) is 14.5. The maximum atomic E-state index is 12.6. The fourth-order valence-corrected chi connectivity index (χ4v) is 2.01. The number of nitrogens with two attached hydrogens (primary N) is 2. The number of hydrogen-bond donors (Lipinski definition) is 2. The standard InChI is InChI=1S/C11H14BrF3N2/c12-9-5-7(10(17)2-1-3-16)4-8(6-9)11(13,14)15/h4-6,10H,1-3,16-17H2/t10-/m1/s1. The zero-order chi connectivity index (χ0) is 13.1. The Labute approximate surface area is 106 Å². The molecule has 1 rings (SSSR count). The second-order valence-electron chi connectivity index (χ2n) is 3.81. The van der Waals surface area contributed by atoms with Gasteiger partial charge in [0.1, 0.15) is 0 Å².